The standard InChI is InChI=1S/C18H20ClN5O2/c1-13-17(21-5-4-20-13)22-6-8-23(9-7-22)18(25)24-10-11-26-16-12-14(19)2-3-15(16)24/h2-5,12H,6-11H2,1H3. The molecule has 0 aliphatic carbocycles. The van der Waals surface area contributed by atoms with Crippen molar-refractivity contribution in [3.63, 3.8) is 0 Å². The van der Waals surface area contributed by atoms with Crippen molar-refractivity contribution >= 4 is 29.1 Å². The summed E-state index contributed by atoms with van der Waals surface area (Å²) in [5, 5.41) is 0.603. The number of carbonyl (C=O) groups is 1. The summed E-state index contributed by atoms with van der Waals surface area (Å²) < 4.78 is 5.64. The maximum absolute atomic E-state index is 13.0. The van der Waals surface area contributed by atoms with E-state index in [1.54, 1.807) is 29.4 Å². The first-order chi connectivity index (χ1) is 12.6. The second-order valence-corrected chi connectivity index (χ2v) is 6.77. The number of hydrogen-bond acceptors (Lipinski definition) is 5. The van der Waals surface area contributed by atoms with E-state index >= 15 is 0 Å². The van der Waals surface area contributed by atoms with Gasteiger partial charge >= 0.3 is 6.03 Å². The summed E-state index contributed by atoms with van der Waals surface area (Å²) in [6, 6.07) is 5.38. The van der Waals surface area contributed by atoms with Crippen LogP contribution in [0.15, 0.2) is 30.6 Å². The lowest BCUT2D eigenvalue weighted by Gasteiger charge is -2.39. The van der Waals surface area contributed by atoms with Crippen LogP contribution in [0.2, 0.25) is 5.02 Å². The van der Waals surface area contributed by atoms with Crippen molar-refractivity contribution in [2.24, 2.45) is 0 Å². The normalized spacial score (nSPS) is 16.9. The molecule has 3 heterocycles. The molecule has 1 saturated heterocycles. The number of benzene rings is 1. The van der Waals surface area contributed by atoms with Crippen LogP contribution in [0.1, 0.15) is 5.69 Å². The van der Waals surface area contributed by atoms with Gasteiger partial charge in [-0.25, -0.2) is 9.78 Å². The van der Waals surface area contributed by atoms with Gasteiger partial charge in [-0.1, -0.05) is 11.6 Å². The lowest BCUT2D eigenvalue weighted by molar-refractivity contribution is 0.196. The van der Waals surface area contributed by atoms with Crippen LogP contribution >= 0.6 is 11.6 Å². The fourth-order valence-electron chi connectivity index (χ4n) is 3.38. The number of amides is 2. The number of fused-ring (bicyclic) bond motifs is 1. The first kappa shape index (κ1) is 16.9. The summed E-state index contributed by atoms with van der Waals surface area (Å²) in [5.74, 6) is 1.55. The smallest absolute Gasteiger partial charge is 0.324 e. The Morgan fingerprint density at radius 2 is 1.88 bits per heavy atom. The molecule has 2 aromatic rings. The van der Waals surface area contributed by atoms with Crippen molar-refractivity contribution in [3.8, 4) is 5.75 Å². The lowest BCUT2D eigenvalue weighted by Crippen LogP contribution is -2.54. The van der Waals surface area contributed by atoms with Crippen LogP contribution in [0, 0.1) is 6.92 Å². The van der Waals surface area contributed by atoms with Gasteiger partial charge in [0.05, 0.1) is 17.9 Å². The van der Waals surface area contributed by atoms with Crippen LogP contribution < -0.4 is 14.5 Å². The van der Waals surface area contributed by atoms with Crippen LogP contribution in [0.4, 0.5) is 16.3 Å². The number of nitrogens with zero attached hydrogens (tertiary/aromatic N) is 5. The Kier molecular flexibility index (Phi) is 4.55. The topological polar surface area (TPSA) is 61.8 Å². The van der Waals surface area contributed by atoms with Gasteiger partial charge in [0.15, 0.2) is 0 Å². The molecule has 136 valence electrons. The number of piperazine rings is 1. The third kappa shape index (κ3) is 3.14. The van der Waals surface area contributed by atoms with E-state index in [0.717, 1.165) is 30.3 Å². The largest absolute Gasteiger partial charge is 0.489 e. The zero-order chi connectivity index (χ0) is 18.1. The predicted octanol–water partition coefficient (Wildman–Crippen LogP) is 2.58. The van der Waals surface area contributed by atoms with Gasteiger partial charge in [-0.2, -0.15) is 0 Å². The predicted molar refractivity (Wildman–Crippen MR) is 100 cm³/mol. The van der Waals surface area contributed by atoms with Crippen molar-refractivity contribution in [3.05, 3.63) is 41.3 Å². The average molecular weight is 374 g/mol. The second-order valence-electron chi connectivity index (χ2n) is 6.33. The highest BCUT2D eigenvalue weighted by Gasteiger charge is 2.30. The molecule has 2 aliphatic heterocycles. The van der Waals surface area contributed by atoms with Crippen LogP contribution in [0.5, 0.6) is 5.75 Å². The molecule has 1 aromatic carbocycles. The molecule has 4 rings (SSSR count). The van der Waals surface area contributed by atoms with E-state index in [1.807, 2.05) is 17.9 Å². The van der Waals surface area contributed by atoms with Gasteiger partial charge in [0.2, 0.25) is 0 Å². The molecule has 2 amide bonds. The number of aromatic nitrogens is 2. The zero-order valence-corrected chi connectivity index (χ0v) is 15.3. The highest BCUT2D eigenvalue weighted by atomic mass is 35.5. The molecule has 8 heteroatoms. The van der Waals surface area contributed by atoms with Gasteiger partial charge < -0.3 is 14.5 Å². The molecule has 7 nitrogen and oxygen atoms in total. The highest BCUT2D eigenvalue weighted by Crippen LogP contribution is 2.34. The number of hydrogen-bond donors (Lipinski definition) is 0. The quantitative estimate of drug-likeness (QED) is 0.768. The van der Waals surface area contributed by atoms with Gasteiger partial charge in [-0.3, -0.25) is 9.88 Å². The Morgan fingerprint density at radius 3 is 2.65 bits per heavy atom. The number of halogens is 1. The van der Waals surface area contributed by atoms with Crippen molar-refractivity contribution in [1.29, 1.82) is 0 Å². The number of urea groups is 1. The first-order valence-electron chi connectivity index (χ1n) is 8.65. The molecule has 0 unspecified atom stereocenters. The molecule has 0 saturated carbocycles. The summed E-state index contributed by atoms with van der Waals surface area (Å²) in [6.07, 6.45) is 3.40. The SMILES string of the molecule is Cc1nccnc1N1CCN(C(=O)N2CCOc3cc(Cl)ccc32)CC1. The molecule has 1 aromatic heterocycles. The third-order valence-electron chi connectivity index (χ3n) is 4.72. The summed E-state index contributed by atoms with van der Waals surface area (Å²) in [6.45, 7) is 5.74. The van der Waals surface area contributed by atoms with E-state index in [4.69, 9.17) is 16.3 Å². The molecule has 2 aliphatic rings. The molecule has 26 heavy (non-hydrogen) atoms. The molecule has 0 atom stereocenters. The van der Waals surface area contributed by atoms with Crippen molar-refractivity contribution < 1.29 is 9.53 Å². The number of anilines is 2. The molecule has 0 spiro atoms. The minimum absolute atomic E-state index is 0.00684. The van der Waals surface area contributed by atoms with E-state index in [2.05, 4.69) is 14.9 Å². The zero-order valence-electron chi connectivity index (χ0n) is 14.6. The van der Waals surface area contributed by atoms with Crippen LogP contribution in [0.3, 0.4) is 0 Å². The van der Waals surface area contributed by atoms with Gasteiger partial charge in [0.1, 0.15) is 18.2 Å². The molecular weight excluding hydrogens is 354 g/mol. The van der Waals surface area contributed by atoms with Crippen molar-refractivity contribution in [2.75, 3.05) is 49.1 Å². The summed E-state index contributed by atoms with van der Waals surface area (Å²) in [4.78, 5) is 27.6. The van der Waals surface area contributed by atoms with Gasteiger partial charge in [0, 0.05) is 49.7 Å². The first-order valence-corrected chi connectivity index (χ1v) is 9.02. The van der Waals surface area contributed by atoms with E-state index in [9.17, 15) is 4.79 Å². The number of carbonyl (C=O) groups excluding carboxylic acids is 1. The summed E-state index contributed by atoms with van der Waals surface area (Å²) in [5.41, 5.74) is 1.68. The van der Waals surface area contributed by atoms with Gasteiger partial charge in [-0.05, 0) is 19.1 Å². The highest BCUT2D eigenvalue weighted by molar-refractivity contribution is 6.30. The summed E-state index contributed by atoms with van der Waals surface area (Å²) in [7, 11) is 0. The minimum Gasteiger partial charge on any atom is -0.489 e. The number of aryl methyl sites for hydroxylation is 1. The van der Waals surface area contributed by atoms with Gasteiger partial charge in [0.25, 0.3) is 0 Å². The molecule has 0 bridgehead atoms. The molecule has 0 radical (unpaired) electrons. The van der Waals surface area contributed by atoms with Crippen LogP contribution in [-0.4, -0.2) is 60.2 Å². The number of rotatable bonds is 1. The Hall–Kier alpha value is -2.54. The van der Waals surface area contributed by atoms with Crippen molar-refractivity contribution in [2.45, 2.75) is 6.92 Å². The Bertz CT molecular complexity index is 823. The van der Waals surface area contributed by atoms with E-state index in [0.29, 0.717) is 37.0 Å². The third-order valence-corrected chi connectivity index (χ3v) is 4.96. The lowest BCUT2D eigenvalue weighted by atomic mass is 10.2. The fraction of sp³-hybridized carbons (Fsp3) is 0.389. The summed E-state index contributed by atoms with van der Waals surface area (Å²) >= 11 is 6.03. The molecule has 1 fully saturated rings. The van der Waals surface area contributed by atoms with Gasteiger partial charge in [-0.15, -0.1) is 0 Å². The second kappa shape index (κ2) is 6.99. The monoisotopic (exact) mass is 373 g/mol. The fourth-order valence-corrected chi connectivity index (χ4v) is 3.55. The van der Waals surface area contributed by atoms with Crippen molar-refractivity contribution in [1.82, 2.24) is 14.9 Å². The number of ether oxygens (including phenoxy) is 1. The van der Waals surface area contributed by atoms with Crippen LogP contribution in [-0.2, 0) is 0 Å². The maximum Gasteiger partial charge on any atom is 0.324 e. The molecule has 0 N–H and O–H groups in total. The Labute approximate surface area is 157 Å². The van der Waals surface area contributed by atoms with E-state index < -0.39 is 0 Å². The average Bonchev–Trinajstić information content (AvgIpc) is 2.67. The molecular formula is C18H20ClN5O2. The van der Waals surface area contributed by atoms with E-state index in [1.165, 1.54) is 0 Å². The minimum atomic E-state index is 0.00684. The van der Waals surface area contributed by atoms with E-state index in [-0.39, 0.29) is 6.03 Å². The Morgan fingerprint density at radius 1 is 1.12 bits per heavy atom. The Balaban J connectivity index is 1.46. The van der Waals surface area contributed by atoms with Crippen LogP contribution in [0.25, 0.3) is 0 Å². The maximum atomic E-state index is 13.0.